The molecule has 1 aliphatic rings. The third kappa shape index (κ3) is 4.19. The average Bonchev–Trinajstić information content (AvgIpc) is 2.15. The molecule has 0 aromatic rings. The van der Waals surface area contributed by atoms with Gasteiger partial charge in [0.15, 0.2) is 0 Å². The summed E-state index contributed by atoms with van der Waals surface area (Å²) >= 11 is 0. The SMILES string of the molecule is C[C@H](O)C1(NC(=O)OC(C)(C)C)CCCCC1. The molecule has 1 aliphatic carbocycles. The van der Waals surface area contributed by atoms with Gasteiger partial charge in [0.05, 0.1) is 11.6 Å². The summed E-state index contributed by atoms with van der Waals surface area (Å²) in [5.41, 5.74) is -1.00. The molecule has 0 aliphatic heterocycles. The van der Waals surface area contributed by atoms with E-state index in [1.165, 1.54) is 6.42 Å². The van der Waals surface area contributed by atoms with Crippen molar-refractivity contribution in [2.45, 2.75) is 77.0 Å². The molecule has 4 nitrogen and oxygen atoms in total. The van der Waals surface area contributed by atoms with Gasteiger partial charge in [-0.05, 0) is 40.5 Å². The van der Waals surface area contributed by atoms with Crippen LogP contribution in [0.25, 0.3) is 0 Å². The molecule has 0 aromatic carbocycles. The topological polar surface area (TPSA) is 58.6 Å². The van der Waals surface area contributed by atoms with Crippen LogP contribution in [-0.2, 0) is 4.74 Å². The maximum atomic E-state index is 11.8. The Morgan fingerprint density at radius 2 is 1.82 bits per heavy atom. The van der Waals surface area contributed by atoms with E-state index in [9.17, 15) is 9.90 Å². The fraction of sp³-hybridized carbons (Fsp3) is 0.923. The number of aliphatic hydroxyl groups excluding tert-OH is 1. The van der Waals surface area contributed by atoms with Crippen molar-refractivity contribution >= 4 is 6.09 Å². The first-order chi connectivity index (χ1) is 7.75. The van der Waals surface area contributed by atoms with E-state index in [1.54, 1.807) is 6.92 Å². The van der Waals surface area contributed by atoms with Gasteiger partial charge >= 0.3 is 6.09 Å². The van der Waals surface area contributed by atoms with E-state index in [4.69, 9.17) is 4.74 Å². The zero-order chi connectivity index (χ0) is 13.1. The van der Waals surface area contributed by atoms with Crippen LogP contribution in [0.5, 0.6) is 0 Å². The lowest BCUT2D eigenvalue weighted by atomic mass is 9.78. The Hall–Kier alpha value is -0.770. The Morgan fingerprint density at radius 3 is 2.24 bits per heavy atom. The molecule has 0 aromatic heterocycles. The van der Waals surface area contributed by atoms with Crippen LogP contribution in [0.15, 0.2) is 0 Å². The molecule has 1 rings (SSSR count). The molecule has 1 amide bonds. The monoisotopic (exact) mass is 243 g/mol. The van der Waals surface area contributed by atoms with Crippen LogP contribution in [0.4, 0.5) is 4.79 Å². The van der Waals surface area contributed by atoms with Crippen LogP contribution < -0.4 is 5.32 Å². The third-order valence-electron chi connectivity index (χ3n) is 3.30. The first-order valence-electron chi connectivity index (χ1n) is 6.44. The Kier molecular flexibility index (Phi) is 4.42. The van der Waals surface area contributed by atoms with E-state index in [1.807, 2.05) is 20.8 Å². The van der Waals surface area contributed by atoms with Gasteiger partial charge in [0.25, 0.3) is 0 Å². The number of aliphatic hydroxyl groups is 1. The standard InChI is InChI=1S/C13H25NO3/c1-10(15)13(8-6-5-7-9-13)14-11(16)17-12(2,3)4/h10,15H,5-9H2,1-4H3,(H,14,16)/t10-/m0/s1. The van der Waals surface area contributed by atoms with Gasteiger partial charge in [0.2, 0.25) is 0 Å². The molecule has 1 saturated carbocycles. The number of alkyl carbamates (subject to hydrolysis) is 1. The van der Waals surface area contributed by atoms with E-state index >= 15 is 0 Å². The van der Waals surface area contributed by atoms with Crippen LogP contribution >= 0.6 is 0 Å². The molecule has 100 valence electrons. The summed E-state index contributed by atoms with van der Waals surface area (Å²) in [4.78, 5) is 11.8. The number of amides is 1. The highest BCUT2D eigenvalue weighted by Crippen LogP contribution is 2.31. The maximum Gasteiger partial charge on any atom is 0.408 e. The molecule has 1 fully saturated rings. The molecule has 1 atom stereocenters. The van der Waals surface area contributed by atoms with Crippen molar-refractivity contribution in [1.82, 2.24) is 5.32 Å². The van der Waals surface area contributed by atoms with Gasteiger partial charge in [-0.2, -0.15) is 0 Å². The second kappa shape index (κ2) is 5.25. The van der Waals surface area contributed by atoms with Gasteiger partial charge in [-0.25, -0.2) is 4.79 Å². The lowest BCUT2D eigenvalue weighted by Crippen LogP contribution is -2.57. The van der Waals surface area contributed by atoms with Gasteiger partial charge in [0.1, 0.15) is 5.60 Å². The number of rotatable bonds is 2. The summed E-state index contributed by atoms with van der Waals surface area (Å²) in [6, 6.07) is 0. The Bertz CT molecular complexity index is 262. The fourth-order valence-corrected chi connectivity index (χ4v) is 2.34. The molecule has 0 bridgehead atoms. The van der Waals surface area contributed by atoms with Crippen molar-refractivity contribution in [2.24, 2.45) is 0 Å². The third-order valence-corrected chi connectivity index (χ3v) is 3.30. The Balaban J connectivity index is 2.64. The molecule has 0 unspecified atom stereocenters. The van der Waals surface area contributed by atoms with Gasteiger partial charge in [-0.3, -0.25) is 0 Å². The average molecular weight is 243 g/mol. The number of hydrogen-bond donors (Lipinski definition) is 2. The highest BCUT2D eigenvalue weighted by Gasteiger charge is 2.39. The fourth-order valence-electron chi connectivity index (χ4n) is 2.34. The minimum Gasteiger partial charge on any atom is -0.444 e. The van der Waals surface area contributed by atoms with Crippen molar-refractivity contribution in [3.8, 4) is 0 Å². The second-order valence-corrected chi connectivity index (χ2v) is 6.02. The van der Waals surface area contributed by atoms with Crippen molar-refractivity contribution in [1.29, 1.82) is 0 Å². The van der Waals surface area contributed by atoms with Crippen molar-refractivity contribution in [3.05, 3.63) is 0 Å². The predicted molar refractivity (Wildman–Crippen MR) is 66.9 cm³/mol. The summed E-state index contributed by atoms with van der Waals surface area (Å²) in [6.45, 7) is 7.25. The number of ether oxygens (including phenoxy) is 1. The van der Waals surface area contributed by atoms with E-state index in [-0.39, 0.29) is 0 Å². The molecule has 4 heteroatoms. The van der Waals surface area contributed by atoms with Crippen LogP contribution in [0, 0.1) is 0 Å². The molecule has 0 radical (unpaired) electrons. The first-order valence-corrected chi connectivity index (χ1v) is 6.44. The zero-order valence-electron chi connectivity index (χ0n) is 11.4. The van der Waals surface area contributed by atoms with Crippen molar-refractivity contribution in [2.75, 3.05) is 0 Å². The molecule has 17 heavy (non-hydrogen) atoms. The lowest BCUT2D eigenvalue weighted by Gasteiger charge is -2.40. The quantitative estimate of drug-likeness (QED) is 0.783. The molecule has 0 saturated heterocycles. The van der Waals surface area contributed by atoms with Gasteiger partial charge < -0.3 is 15.2 Å². The number of carbonyl (C=O) groups is 1. The van der Waals surface area contributed by atoms with Gasteiger partial charge in [0, 0.05) is 0 Å². The molecule has 0 spiro atoms. The van der Waals surface area contributed by atoms with Crippen molar-refractivity contribution in [3.63, 3.8) is 0 Å². The zero-order valence-corrected chi connectivity index (χ0v) is 11.4. The largest absolute Gasteiger partial charge is 0.444 e. The Labute approximate surface area is 104 Å². The summed E-state index contributed by atoms with van der Waals surface area (Å²) < 4.78 is 5.25. The molecular formula is C13H25NO3. The van der Waals surface area contributed by atoms with E-state index in [0.29, 0.717) is 0 Å². The summed E-state index contributed by atoms with van der Waals surface area (Å²) in [7, 11) is 0. The van der Waals surface area contributed by atoms with Gasteiger partial charge in [-0.15, -0.1) is 0 Å². The Morgan fingerprint density at radius 1 is 1.29 bits per heavy atom. The first kappa shape index (κ1) is 14.3. The number of nitrogens with one attached hydrogen (secondary N) is 1. The summed E-state index contributed by atoms with van der Waals surface area (Å²) in [6.07, 6.45) is 3.93. The maximum absolute atomic E-state index is 11.8. The molecular weight excluding hydrogens is 218 g/mol. The minimum atomic E-state index is -0.546. The number of carbonyl (C=O) groups excluding carboxylic acids is 1. The molecule has 2 N–H and O–H groups in total. The lowest BCUT2D eigenvalue weighted by molar-refractivity contribution is 0.0142. The number of hydrogen-bond acceptors (Lipinski definition) is 3. The summed E-state index contributed by atoms with van der Waals surface area (Å²) in [5, 5.41) is 12.8. The van der Waals surface area contributed by atoms with E-state index in [0.717, 1.165) is 25.7 Å². The highest BCUT2D eigenvalue weighted by atomic mass is 16.6. The van der Waals surface area contributed by atoms with Crippen LogP contribution in [0.2, 0.25) is 0 Å². The predicted octanol–water partition coefficient (Wildman–Crippen LogP) is 2.59. The highest BCUT2D eigenvalue weighted by molar-refractivity contribution is 5.69. The van der Waals surface area contributed by atoms with Crippen LogP contribution in [0.1, 0.15) is 59.8 Å². The van der Waals surface area contributed by atoms with E-state index in [2.05, 4.69) is 5.32 Å². The van der Waals surface area contributed by atoms with Crippen molar-refractivity contribution < 1.29 is 14.6 Å². The normalized spacial score (nSPS) is 21.7. The van der Waals surface area contributed by atoms with Gasteiger partial charge in [-0.1, -0.05) is 19.3 Å². The van der Waals surface area contributed by atoms with E-state index < -0.39 is 23.3 Å². The smallest absolute Gasteiger partial charge is 0.408 e. The summed E-state index contributed by atoms with van der Waals surface area (Å²) in [5.74, 6) is 0. The second-order valence-electron chi connectivity index (χ2n) is 6.02. The minimum absolute atomic E-state index is 0.430. The van der Waals surface area contributed by atoms with Crippen LogP contribution in [0.3, 0.4) is 0 Å². The molecule has 0 heterocycles. The van der Waals surface area contributed by atoms with Crippen LogP contribution in [-0.4, -0.2) is 28.4 Å².